The number of nitrogens with one attached hydrogen (secondary N) is 2. The molecule has 0 saturated carbocycles. The summed E-state index contributed by atoms with van der Waals surface area (Å²) in [6.45, 7) is 6.57. The second-order valence-electron chi connectivity index (χ2n) is 10.5. The Labute approximate surface area is 248 Å². The Hall–Kier alpha value is -4.12. The van der Waals surface area contributed by atoms with Gasteiger partial charge in [0.2, 0.25) is 16.8 Å². The van der Waals surface area contributed by atoms with Crippen LogP contribution in [0.3, 0.4) is 0 Å². The summed E-state index contributed by atoms with van der Waals surface area (Å²) in [5.74, 6) is 1.16. The first kappa shape index (κ1) is 29.4. The zero-order chi connectivity index (χ0) is 29.6. The van der Waals surface area contributed by atoms with Crippen LogP contribution in [0.2, 0.25) is 0 Å². The summed E-state index contributed by atoms with van der Waals surface area (Å²) in [6, 6.07) is 15.7. The number of nitrogens with zero attached hydrogens (tertiary/aromatic N) is 7. The van der Waals surface area contributed by atoms with Crippen molar-refractivity contribution in [3.63, 3.8) is 0 Å². The van der Waals surface area contributed by atoms with Crippen LogP contribution >= 0.6 is 0 Å². The minimum absolute atomic E-state index is 0.215. The third-order valence-corrected chi connectivity index (χ3v) is 8.68. The Kier molecular flexibility index (Phi) is 9.26. The van der Waals surface area contributed by atoms with Gasteiger partial charge in [0.25, 0.3) is 0 Å². The number of anilines is 6. The average molecular weight is 592 g/mol. The van der Waals surface area contributed by atoms with Crippen LogP contribution in [0.1, 0.15) is 18.4 Å². The first-order chi connectivity index (χ1) is 20.4. The fraction of sp³-hybridized carbons (Fsp3) is 0.414. The number of piperidine rings is 1. The molecular formula is C29H37N9O3S. The predicted molar refractivity (Wildman–Crippen MR) is 166 cm³/mol. The van der Waals surface area contributed by atoms with Gasteiger partial charge in [-0.15, -0.1) is 0 Å². The van der Waals surface area contributed by atoms with Gasteiger partial charge in [-0.05, 0) is 44.2 Å². The number of hydrogen-bond donors (Lipinski definition) is 3. The molecular weight excluding hydrogens is 554 g/mol. The molecule has 2 aromatic carbocycles. The smallest absolute Gasteiger partial charge is 0.229 e. The SMILES string of the molecule is COc1cc(N2CCC(N3CCN(C)CC3)CC2)ccc1Nc1ncc(C#N)c(Nc2ccccc2N(C)[SH](=O)=O)n1. The summed E-state index contributed by atoms with van der Waals surface area (Å²) in [4.78, 5) is 16.3. The molecule has 0 atom stereocenters. The van der Waals surface area contributed by atoms with Crippen molar-refractivity contribution in [3.8, 4) is 11.8 Å². The highest BCUT2D eigenvalue weighted by atomic mass is 32.2. The van der Waals surface area contributed by atoms with Crippen LogP contribution in [0.25, 0.3) is 0 Å². The molecule has 42 heavy (non-hydrogen) atoms. The lowest BCUT2D eigenvalue weighted by Gasteiger charge is -2.42. The fourth-order valence-corrected chi connectivity index (χ4v) is 5.82. The maximum Gasteiger partial charge on any atom is 0.229 e. The molecule has 2 saturated heterocycles. The number of rotatable bonds is 9. The summed E-state index contributed by atoms with van der Waals surface area (Å²) in [7, 11) is 2.44. The maximum atomic E-state index is 11.6. The number of thiol groups is 1. The molecule has 3 heterocycles. The van der Waals surface area contributed by atoms with Gasteiger partial charge in [0.1, 0.15) is 17.4 Å². The van der Waals surface area contributed by atoms with Crippen LogP contribution in [-0.2, 0) is 10.9 Å². The highest BCUT2D eigenvalue weighted by Crippen LogP contribution is 2.34. The minimum Gasteiger partial charge on any atom is -0.494 e. The van der Waals surface area contributed by atoms with Gasteiger partial charge < -0.3 is 25.2 Å². The van der Waals surface area contributed by atoms with Gasteiger partial charge in [-0.2, -0.15) is 10.2 Å². The molecule has 0 unspecified atom stereocenters. The number of likely N-dealkylation sites (N-methyl/N-ethyl adjacent to an activating group) is 1. The molecule has 1 aromatic heterocycles. The minimum atomic E-state index is -2.84. The average Bonchev–Trinajstić information content (AvgIpc) is 3.02. The van der Waals surface area contributed by atoms with Crippen LogP contribution in [0, 0.1) is 11.3 Å². The predicted octanol–water partition coefficient (Wildman–Crippen LogP) is 3.02. The quantitative estimate of drug-likeness (QED) is 0.318. The molecule has 3 aromatic rings. The monoisotopic (exact) mass is 591 g/mol. The Morgan fingerprint density at radius 3 is 2.45 bits per heavy atom. The lowest BCUT2D eigenvalue weighted by molar-refractivity contribution is 0.0982. The zero-order valence-corrected chi connectivity index (χ0v) is 25.0. The number of methoxy groups -OCH3 is 1. The van der Waals surface area contributed by atoms with E-state index < -0.39 is 10.9 Å². The molecule has 12 nitrogen and oxygen atoms in total. The molecule has 0 bridgehead atoms. The van der Waals surface area contributed by atoms with E-state index in [-0.39, 0.29) is 17.3 Å². The topological polar surface area (TPSA) is 130 Å². The number of ether oxygens (including phenoxy) is 1. The first-order valence-corrected chi connectivity index (χ1v) is 15.1. The van der Waals surface area contributed by atoms with Crippen molar-refractivity contribution in [1.82, 2.24) is 19.8 Å². The third kappa shape index (κ3) is 6.67. The lowest BCUT2D eigenvalue weighted by Crippen LogP contribution is -2.52. The molecule has 0 spiro atoms. The number of piperazine rings is 1. The van der Waals surface area contributed by atoms with E-state index in [9.17, 15) is 13.7 Å². The van der Waals surface area contributed by atoms with Crippen LogP contribution in [0.4, 0.5) is 34.5 Å². The number of nitriles is 1. The summed E-state index contributed by atoms with van der Waals surface area (Å²) in [6.07, 6.45) is 3.71. The van der Waals surface area contributed by atoms with E-state index in [0.29, 0.717) is 28.9 Å². The van der Waals surface area contributed by atoms with Gasteiger partial charge in [0.05, 0.1) is 30.4 Å². The normalized spacial score (nSPS) is 16.7. The van der Waals surface area contributed by atoms with E-state index in [2.05, 4.69) is 54.5 Å². The van der Waals surface area contributed by atoms with Gasteiger partial charge in [-0.1, -0.05) is 12.1 Å². The van der Waals surface area contributed by atoms with Gasteiger partial charge in [0, 0.05) is 64.1 Å². The highest BCUT2D eigenvalue weighted by Gasteiger charge is 2.27. The molecule has 2 fully saturated rings. The zero-order valence-electron chi connectivity index (χ0n) is 24.2. The maximum absolute atomic E-state index is 11.6. The molecule has 0 aliphatic carbocycles. The van der Waals surface area contributed by atoms with Gasteiger partial charge in [0.15, 0.2) is 5.82 Å². The first-order valence-electron chi connectivity index (χ1n) is 14.0. The van der Waals surface area contributed by atoms with E-state index in [1.807, 2.05) is 12.1 Å². The molecule has 2 aliphatic heterocycles. The van der Waals surface area contributed by atoms with Crippen LogP contribution in [0.15, 0.2) is 48.7 Å². The number of aromatic nitrogens is 2. The van der Waals surface area contributed by atoms with E-state index in [0.717, 1.165) is 62.1 Å². The van der Waals surface area contributed by atoms with Crippen molar-refractivity contribution in [2.24, 2.45) is 0 Å². The van der Waals surface area contributed by atoms with E-state index in [1.165, 1.54) is 13.2 Å². The van der Waals surface area contributed by atoms with Crippen LogP contribution in [-0.4, -0.2) is 94.7 Å². The standard InChI is InChI=1S/C29H37N9O3S/c1-35-14-16-38(17-15-35)22-10-12-37(13-11-22)23-8-9-25(27(18-23)41-3)33-29-31-20-21(19-30)28(34-29)32-24-6-4-5-7-26(24)36(2)42(39)40/h4-9,18,20,22,42H,10-17H2,1-3H3,(H2,31,32,33,34). The molecule has 2 N–H and O–H groups in total. The Bertz CT molecular complexity index is 1500. The largest absolute Gasteiger partial charge is 0.494 e. The summed E-state index contributed by atoms with van der Waals surface area (Å²) in [5.41, 5.74) is 2.92. The molecule has 222 valence electrons. The summed E-state index contributed by atoms with van der Waals surface area (Å²) >= 11 is 0. The second-order valence-corrected chi connectivity index (χ2v) is 11.6. The molecule has 5 rings (SSSR count). The van der Waals surface area contributed by atoms with Crippen LogP contribution < -0.4 is 24.6 Å². The molecule has 13 heteroatoms. The molecule has 2 aliphatic rings. The number of para-hydroxylation sites is 2. The summed E-state index contributed by atoms with van der Waals surface area (Å²) < 4.78 is 30.0. The van der Waals surface area contributed by atoms with Gasteiger partial charge in [-0.3, -0.25) is 9.21 Å². The Balaban J connectivity index is 1.29. The van der Waals surface area contributed by atoms with Crippen molar-refractivity contribution in [1.29, 1.82) is 5.26 Å². The third-order valence-electron chi connectivity index (χ3n) is 7.98. The van der Waals surface area contributed by atoms with Crippen molar-refractivity contribution >= 4 is 45.4 Å². The fourth-order valence-electron chi connectivity index (χ4n) is 5.47. The van der Waals surface area contributed by atoms with Crippen molar-refractivity contribution < 1.29 is 13.2 Å². The van der Waals surface area contributed by atoms with Crippen molar-refractivity contribution in [3.05, 3.63) is 54.2 Å². The van der Waals surface area contributed by atoms with Gasteiger partial charge >= 0.3 is 0 Å². The van der Waals surface area contributed by atoms with E-state index in [1.54, 1.807) is 31.4 Å². The number of benzene rings is 2. The van der Waals surface area contributed by atoms with Crippen molar-refractivity contribution in [2.75, 3.05) is 80.3 Å². The van der Waals surface area contributed by atoms with Crippen LogP contribution in [0.5, 0.6) is 5.75 Å². The van der Waals surface area contributed by atoms with E-state index >= 15 is 0 Å². The highest BCUT2D eigenvalue weighted by molar-refractivity contribution is 7.74. The number of hydrogen-bond acceptors (Lipinski definition) is 11. The summed E-state index contributed by atoms with van der Waals surface area (Å²) in [5, 5.41) is 16.0. The van der Waals surface area contributed by atoms with E-state index in [4.69, 9.17) is 4.74 Å². The second kappa shape index (κ2) is 13.2. The Morgan fingerprint density at radius 1 is 1.02 bits per heavy atom. The van der Waals surface area contributed by atoms with Crippen molar-refractivity contribution in [2.45, 2.75) is 18.9 Å². The Morgan fingerprint density at radius 2 is 1.76 bits per heavy atom. The van der Waals surface area contributed by atoms with Gasteiger partial charge in [-0.25, -0.2) is 13.4 Å². The molecule has 0 radical (unpaired) electrons. The lowest BCUT2D eigenvalue weighted by atomic mass is 10.0. The molecule has 0 amide bonds.